The molecule has 0 spiro atoms. The first kappa shape index (κ1) is 20.6. The fraction of sp³-hybridized carbons (Fsp3) is 0.217. The predicted molar refractivity (Wildman–Crippen MR) is 123 cm³/mol. The maximum atomic E-state index is 12.8. The van der Waals surface area contributed by atoms with Crippen molar-refractivity contribution in [2.75, 3.05) is 16.8 Å². The number of carbonyl (C=O) groups is 2. The molecule has 0 saturated carbocycles. The Kier molecular flexibility index (Phi) is 6.81. The van der Waals surface area contributed by atoms with Gasteiger partial charge in [0.1, 0.15) is 5.76 Å². The van der Waals surface area contributed by atoms with Crippen molar-refractivity contribution in [3.63, 3.8) is 0 Å². The molecular weight excluding hydrogens is 416 g/mol. The van der Waals surface area contributed by atoms with E-state index in [4.69, 9.17) is 4.42 Å². The lowest BCUT2D eigenvalue weighted by Gasteiger charge is -2.21. The van der Waals surface area contributed by atoms with Crippen LogP contribution in [0.5, 0.6) is 0 Å². The van der Waals surface area contributed by atoms with E-state index in [1.54, 1.807) is 42.7 Å². The van der Waals surface area contributed by atoms with Gasteiger partial charge in [0.25, 0.3) is 11.8 Å². The van der Waals surface area contributed by atoms with Crippen LogP contribution in [0.4, 0.5) is 5.69 Å². The quantitative estimate of drug-likeness (QED) is 0.544. The summed E-state index contributed by atoms with van der Waals surface area (Å²) in [5.74, 6) is 2.51. The first-order valence-electron chi connectivity index (χ1n) is 9.75. The van der Waals surface area contributed by atoms with Crippen molar-refractivity contribution in [1.29, 1.82) is 0 Å². The molecule has 0 radical (unpaired) electrons. The Hall–Kier alpha value is -2.64. The molecule has 0 aliphatic carbocycles. The van der Waals surface area contributed by atoms with Crippen molar-refractivity contribution < 1.29 is 14.0 Å². The number of rotatable bonds is 6. The number of nitrogens with one attached hydrogen (secondary N) is 2. The third-order valence-corrected chi connectivity index (χ3v) is 7.71. The number of para-hydroxylation sites is 1. The molecule has 1 aliphatic rings. The molecule has 3 aromatic rings. The maximum absolute atomic E-state index is 12.8. The van der Waals surface area contributed by atoms with Gasteiger partial charge >= 0.3 is 0 Å². The zero-order chi connectivity index (χ0) is 20.8. The summed E-state index contributed by atoms with van der Waals surface area (Å²) >= 11 is 3.91. The van der Waals surface area contributed by atoms with Crippen LogP contribution in [0, 0.1) is 0 Å². The number of anilines is 1. The van der Waals surface area contributed by atoms with E-state index in [-0.39, 0.29) is 18.4 Å². The predicted octanol–water partition coefficient (Wildman–Crippen LogP) is 5.33. The van der Waals surface area contributed by atoms with Gasteiger partial charge in [-0.3, -0.25) is 9.59 Å². The van der Waals surface area contributed by atoms with Crippen LogP contribution >= 0.6 is 23.5 Å². The first-order chi connectivity index (χ1) is 14.7. The van der Waals surface area contributed by atoms with E-state index < -0.39 is 0 Å². The standard InChI is InChI=1S/C23H22N2O3S2/c26-21(16-8-10-17(11-9-16)23-29-13-4-14-30-23)25-20-7-2-1-6-19(20)22(27)24-15-18-5-3-12-28-18/h1-3,5-12,23H,4,13-15H2,(H,24,27)(H,25,26). The molecule has 1 fully saturated rings. The first-order valence-corrected chi connectivity index (χ1v) is 11.8. The van der Waals surface area contributed by atoms with E-state index in [9.17, 15) is 9.59 Å². The van der Waals surface area contributed by atoms with Crippen molar-refractivity contribution in [1.82, 2.24) is 5.32 Å². The molecule has 1 aromatic heterocycles. The highest BCUT2D eigenvalue weighted by atomic mass is 32.2. The van der Waals surface area contributed by atoms with E-state index in [0.29, 0.717) is 27.2 Å². The van der Waals surface area contributed by atoms with Gasteiger partial charge in [0.2, 0.25) is 0 Å². The minimum absolute atomic E-state index is 0.239. The van der Waals surface area contributed by atoms with Crippen molar-refractivity contribution in [3.05, 3.63) is 89.4 Å². The highest BCUT2D eigenvalue weighted by Crippen LogP contribution is 2.43. The van der Waals surface area contributed by atoms with Crippen LogP contribution in [0.3, 0.4) is 0 Å². The summed E-state index contributed by atoms with van der Waals surface area (Å²) in [7, 11) is 0. The number of carbonyl (C=O) groups excluding carboxylic acids is 2. The van der Waals surface area contributed by atoms with Gasteiger partial charge in [-0.15, -0.1) is 23.5 Å². The molecule has 0 unspecified atom stereocenters. The summed E-state index contributed by atoms with van der Waals surface area (Å²) in [5, 5.41) is 5.68. The third-order valence-electron chi connectivity index (χ3n) is 4.70. The lowest BCUT2D eigenvalue weighted by molar-refractivity contribution is 0.0949. The summed E-state index contributed by atoms with van der Waals surface area (Å²) < 4.78 is 5.68. The van der Waals surface area contributed by atoms with Gasteiger partial charge in [0.05, 0.1) is 28.6 Å². The molecule has 2 aromatic carbocycles. The summed E-state index contributed by atoms with van der Waals surface area (Å²) in [5.41, 5.74) is 2.68. The van der Waals surface area contributed by atoms with Gasteiger partial charge in [-0.25, -0.2) is 0 Å². The summed E-state index contributed by atoms with van der Waals surface area (Å²) in [6.45, 7) is 0.284. The summed E-state index contributed by atoms with van der Waals surface area (Å²) in [4.78, 5) is 25.3. The largest absolute Gasteiger partial charge is 0.467 e. The molecule has 1 aliphatic heterocycles. The second-order valence-corrected chi connectivity index (χ2v) is 9.54. The van der Waals surface area contributed by atoms with Gasteiger partial charge in [-0.1, -0.05) is 24.3 Å². The fourth-order valence-corrected chi connectivity index (χ4v) is 6.03. The lowest BCUT2D eigenvalue weighted by atomic mass is 10.1. The van der Waals surface area contributed by atoms with E-state index in [2.05, 4.69) is 10.6 Å². The molecule has 154 valence electrons. The number of furan rings is 1. The third kappa shape index (κ3) is 5.09. The van der Waals surface area contributed by atoms with Gasteiger partial charge in [-0.05, 0) is 59.9 Å². The summed E-state index contributed by atoms with van der Waals surface area (Å²) in [6.07, 6.45) is 2.81. The smallest absolute Gasteiger partial charge is 0.255 e. The molecule has 30 heavy (non-hydrogen) atoms. The van der Waals surface area contributed by atoms with Crippen LogP contribution in [0.1, 0.15) is 43.0 Å². The molecule has 0 bridgehead atoms. The van der Waals surface area contributed by atoms with Crippen molar-refractivity contribution in [2.24, 2.45) is 0 Å². The Morgan fingerprint density at radius 1 is 0.933 bits per heavy atom. The van der Waals surface area contributed by atoms with E-state index in [0.717, 1.165) is 0 Å². The number of hydrogen-bond donors (Lipinski definition) is 2. The molecule has 5 nitrogen and oxygen atoms in total. The van der Waals surface area contributed by atoms with E-state index in [1.165, 1.54) is 23.5 Å². The van der Waals surface area contributed by atoms with Crippen molar-refractivity contribution in [2.45, 2.75) is 17.5 Å². The molecule has 7 heteroatoms. The Bertz CT molecular complexity index is 998. The average Bonchev–Trinajstić information content (AvgIpc) is 3.32. The van der Waals surface area contributed by atoms with Gasteiger partial charge in [-0.2, -0.15) is 0 Å². The Balaban J connectivity index is 1.42. The van der Waals surface area contributed by atoms with E-state index in [1.807, 2.05) is 47.8 Å². The second kappa shape index (κ2) is 9.91. The van der Waals surface area contributed by atoms with Gasteiger partial charge in [0, 0.05) is 5.56 Å². The van der Waals surface area contributed by atoms with E-state index >= 15 is 0 Å². The van der Waals surface area contributed by atoms with Crippen LogP contribution in [-0.2, 0) is 6.54 Å². The molecular formula is C23H22N2O3S2. The van der Waals surface area contributed by atoms with Crippen molar-refractivity contribution in [3.8, 4) is 0 Å². The molecule has 2 amide bonds. The summed E-state index contributed by atoms with van der Waals surface area (Å²) in [6, 6.07) is 18.3. The lowest BCUT2D eigenvalue weighted by Crippen LogP contribution is -2.24. The zero-order valence-corrected chi connectivity index (χ0v) is 17.9. The zero-order valence-electron chi connectivity index (χ0n) is 16.3. The number of thioether (sulfide) groups is 2. The highest BCUT2D eigenvalue weighted by Gasteiger charge is 2.18. The molecule has 4 rings (SSSR count). The number of amides is 2. The topological polar surface area (TPSA) is 71.3 Å². The highest BCUT2D eigenvalue weighted by molar-refractivity contribution is 8.16. The molecule has 1 saturated heterocycles. The monoisotopic (exact) mass is 438 g/mol. The minimum atomic E-state index is -0.274. The second-order valence-electron chi connectivity index (χ2n) is 6.81. The normalized spacial score (nSPS) is 14.3. The van der Waals surface area contributed by atoms with Crippen LogP contribution in [0.15, 0.2) is 71.3 Å². The van der Waals surface area contributed by atoms with Crippen LogP contribution in [0.25, 0.3) is 0 Å². The van der Waals surface area contributed by atoms with Crippen LogP contribution < -0.4 is 10.6 Å². The molecule has 0 atom stereocenters. The minimum Gasteiger partial charge on any atom is -0.467 e. The van der Waals surface area contributed by atoms with Gasteiger partial charge in [0.15, 0.2) is 0 Å². The molecule has 2 N–H and O–H groups in total. The fourth-order valence-electron chi connectivity index (χ4n) is 3.13. The Morgan fingerprint density at radius 3 is 2.43 bits per heavy atom. The average molecular weight is 439 g/mol. The van der Waals surface area contributed by atoms with Gasteiger partial charge < -0.3 is 15.1 Å². The number of benzene rings is 2. The SMILES string of the molecule is O=C(Nc1ccccc1C(=O)NCc1ccco1)c1ccc(C2SCCCS2)cc1. The Labute approximate surface area is 184 Å². The molecule has 2 heterocycles. The van der Waals surface area contributed by atoms with Crippen LogP contribution in [-0.4, -0.2) is 23.3 Å². The van der Waals surface area contributed by atoms with Crippen molar-refractivity contribution >= 4 is 41.0 Å². The maximum Gasteiger partial charge on any atom is 0.255 e. The van der Waals surface area contributed by atoms with Crippen LogP contribution in [0.2, 0.25) is 0 Å². The Morgan fingerprint density at radius 2 is 1.70 bits per heavy atom. The number of hydrogen-bond acceptors (Lipinski definition) is 5.